The minimum absolute atomic E-state index is 0.570. The van der Waals surface area contributed by atoms with Crippen LogP contribution in [0.15, 0.2) is 42.5 Å². The maximum absolute atomic E-state index is 5.96. The highest BCUT2D eigenvalue weighted by molar-refractivity contribution is 5.87. The molecule has 0 aliphatic heterocycles. The summed E-state index contributed by atoms with van der Waals surface area (Å²) in [5, 5.41) is 2.65. The molecule has 5 rings (SSSR count). The predicted octanol–water partition coefficient (Wildman–Crippen LogP) is 4.49. The maximum Gasteiger partial charge on any atom is 0.0320 e. The molecule has 0 amide bonds. The smallest absolute Gasteiger partial charge is 0.0320 e. The number of benzene rings is 2. The fourth-order valence-electron chi connectivity index (χ4n) is 5.20. The maximum atomic E-state index is 5.96. The second-order valence-electron chi connectivity index (χ2n) is 7.46. The highest BCUT2D eigenvalue weighted by Gasteiger charge is 2.49. The lowest BCUT2D eigenvalue weighted by atomic mass is 9.64. The first-order valence-electron chi connectivity index (χ1n) is 8.21. The largest absolute Gasteiger partial charge is 0.399 e. The van der Waals surface area contributed by atoms with Gasteiger partial charge in [-0.25, -0.2) is 0 Å². The van der Waals surface area contributed by atoms with E-state index in [-0.39, 0.29) is 0 Å². The van der Waals surface area contributed by atoms with Crippen molar-refractivity contribution in [3.05, 3.63) is 53.6 Å². The fraction of sp³-hybridized carbons (Fsp3) is 0.400. The van der Waals surface area contributed by atoms with E-state index in [4.69, 9.17) is 5.73 Å². The summed E-state index contributed by atoms with van der Waals surface area (Å²) in [5.74, 6) is 1.71. The van der Waals surface area contributed by atoms with Gasteiger partial charge in [-0.15, -0.1) is 0 Å². The predicted molar refractivity (Wildman–Crippen MR) is 88.2 cm³/mol. The molecule has 2 aromatic rings. The van der Waals surface area contributed by atoms with Crippen molar-refractivity contribution < 1.29 is 0 Å². The molecule has 1 nitrogen and oxygen atoms in total. The Morgan fingerprint density at radius 1 is 1.00 bits per heavy atom. The number of fused-ring (bicyclic) bond motifs is 5. The lowest BCUT2D eigenvalue weighted by Crippen LogP contribution is -2.32. The monoisotopic (exact) mass is 275 g/mol. The molecule has 2 aromatic carbocycles. The van der Waals surface area contributed by atoms with Gasteiger partial charge in [0.2, 0.25) is 0 Å². The van der Waals surface area contributed by atoms with E-state index in [1.54, 1.807) is 11.1 Å². The SMILES string of the molecule is Nc1ccc2cc3c(cc2c1)CC1(CC3)CC2C=CC1C2. The van der Waals surface area contributed by atoms with Crippen LogP contribution in [0.25, 0.3) is 10.8 Å². The third kappa shape index (κ3) is 1.64. The summed E-state index contributed by atoms with van der Waals surface area (Å²) in [6.07, 6.45) is 11.7. The molecule has 3 aliphatic carbocycles. The summed E-state index contributed by atoms with van der Waals surface area (Å²) < 4.78 is 0. The molecular weight excluding hydrogens is 254 g/mol. The number of anilines is 1. The van der Waals surface area contributed by atoms with Gasteiger partial charge in [-0.2, -0.15) is 0 Å². The van der Waals surface area contributed by atoms with Gasteiger partial charge in [-0.1, -0.05) is 30.4 Å². The molecule has 3 aliphatic rings. The first-order chi connectivity index (χ1) is 10.2. The number of rotatable bonds is 0. The average molecular weight is 275 g/mol. The van der Waals surface area contributed by atoms with Crippen LogP contribution in [0.5, 0.6) is 0 Å². The molecule has 106 valence electrons. The Hall–Kier alpha value is -1.76. The summed E-state index contributed by atoms with van der Waals surface area (Å²) in [7, 11) is 0. The lowest BCUT2D eigenvalue weighted by Gasteiger charge is -2.40. The molecule has 21 heavy (non-hydrogen) atoms. The van der Waals surface area contributed by atoms with Crippen molar-refractivity contribution in [2.24, 2.45) is 17.3 Å². The van der Waals surface area contributed by atoms with E-state index in [1.807, 2.05) is 6.07 Å². The van der Waals surface area contributed by atoms with Crippen molar-refractivity contribution in [2.75, 3.05) is 5.73 Å². The molecule has 0 radical (unpaired) electrons. The quantitative estimate of drug-likeness (QED) is 0.556. The van der Waals surface area contributed by atoms with E-state index in [0.29, 0.717) is 5.41 Å². The van der Waals surface area contributed by atoms with Crippen molar-refractivity contribution in [3.63, 3.8) is 0 Å². The molecule has 0 aromatic heterocycles. The van der Waals surface area contributed by atoms with E-state index >= 15 is 0 Å². The van der Waals surface area contributed by atoms with Gasteiger partial charge in [0.15, 0.2) is 0 Å². The first-order valence-corrected chi connectivity index (χ1v) is 8.21. The van der Waals surface area contributed by atoms with Gasteiger partial charge < -0.3 is 5.73 Å². The molecule has 1 fully saturated rings. The molecule has 3 unspecified atom stereocenters. The van der Waals surface area contributed by atoms with Crippen molar-refractivity contribution >= 4 is 16.5 Å². The van der Waals surface area contributed by atoms with Crippen LogP contribution in [-0.2, 0) is 12.8 Å². The van der Waals surface area contributed by atoms with E-state index in [9.17, 15) is 0 Å². The summed E-state index contributed by atoms with van der Waals surface area (Å²) in [4.78, 5) is 0. The van der Waals surface area contributed by atoms with Crippen molar-refractivity contribution in [3.8, 4) is 0 Å². The van der Waals surface area contributed by atoms with Crippen molar-refractivity contribution in [1.29, 1.82) is 0 Å². The number of hydrogen-bond donors (Lipinski definition) is 1. The summed E-state index contributed by atoms with van der Waals surface area (Å²) in [5.41, 5.74) is 10.6. The molecule has 0 saturated heterocycles. The number of aryl methyl sites for hydroxylation is 1. The number of hydrogen-bond acceptors (Lipinski definition) is 1. The van der Waals surface area contributed by atoms with Gasteiger partial charge in [-0.3, -0.25) is 0 Å². The van der Waals surface area contributed by atoms with Crippen LogP contribution in [0.1, 0.15) is 30.4 Å². The third-order valence-corrected chi connectivity index (χ3v) is 6.25. The fourth-order valence-corrected chi connectivity index (χ4v) is 5.20. The van der Waals surface area contributed by atoms with Crippen LogP contribution in [0, 0.1) is 17.3 Å². The Balaban J connectivity index is 1.61. The Kier molecular flexibility index (Phi) is 2.21. The molecule has 2 N–H and O–H groups in total. The summed E-state index contributed by atoms with van der Waals surface area (Å²) in [6, 6.07) is 11.1. The van der Waals surface area contributed by atoms with E-state index in [1.165, 1.54) is 42.9 Å². The Labute approximate surface area is 125 Å². The van der Waals surface area contributed by atoms with Gasteiger partial charge in [0, 0.05) is 5.69 Å². The zero-order valence-electron chi connectivity index (χ0n) is 12.3. The highest BCUT2D eigenvalue weighted by Crippen LogP contribution is 2.57. The second-order valence-corrected chi connectivity index (χ2v) is 7.46. The Morgan fingerprint density at radius 3 is 2.71 bits per heavy atom. The third-order valence-electron chi connectivity index (χ3n) is 6.25. The van der Waals surface area contributed by atoms with Gasteiger partial charge in [0.1, 0.15) is 0 Å². The van der Waals surface area contributed by atoms with Crippen LogP contribution in [0.2, 0.25) is 0 Å². The first kappa shape index (κ1) is 11.9. The molecular formula is C20H21N. The van der Waals surface area contributed by atoms with E-state index in [0.717, 1.165) is 17.5 Å². The van der Waals surface area contributed by atoms with Gasteiger partial charge in [-0.05, 0) is 83.4 Å². The van der Waals surface area contributed by atoms with Crippen LogP contribution >= 0.6 is 0 Å². The van der Waals surface area contributed by atoms with Crippen molar-refractivity contribution in [1.82, 2.24) is 0 Å². The molecule has 3 atom stereocenters. The zero-order valence-corrected chi connectivity index (χ0v) is 12.3. The number of allylic oxidation sites excluding steroid dienone is 2. The molecule has 1 saturated carbocycles. The Morgan fingerprint density at radius 2 is 1.90 bits per heavy atom. The van der Waals surface area contributed by atoms with Crippen LogP contribution in [-0.4, -0.2) is 0 Å². The zero-order chi connectivity index (χ0) is 14.0. The molecule has 1 heteroatoms. The Bertz CT molecular complexity index is 773. The summed E-state index contributed by atoms with van der Waals surface area (Å²) in [6.45, 7) is 0. The van der Waals surface area contributed by atoms with Crippen LogP contribution in [0.3, 0.4) is 0 Å². The number of nitrogens with two attached hydrogens (primary N) is 1. The minimum Gasteiger partial charge on any atom is -0.399 e. The van der Waals surface area contributed by atoms with Crippen LogP contribution in [0.4, 0.5) is 5.69 Å². The van der Waals surface area contributed by atoms with E-state index in [2.05, 4.69) is 36.4 Å². The topological polar surface area (TPSA) is 26.0 Å². The lowest BCUT2D eigenvalue weighted by molar-refractivity contribution is 0.195. The summed E-state index contributed by atoms with van der Waals surface area (Å²) >= 11 is 0. The highest BCUT2D eigenvalue weighted by atomic mass is 14.5. The van der Waals surface area contributed by atoms with Crippen LogP contribution < -0.4 is 5.73 Å². The normalized spacial score (nSPS) is 33.0. The van der Waals surface area contributed by atoms with Gasteiger partial charge in [0.25, 0.3) is 0 Å². The second kappa shape index (κ2) is 3.91. The van der Waals surface area contributed by atoms with Gasteiger partial charge >= 0.3 is 0 Å². The molecule has 0 heterocycles. The van der Waals surface area contributed by atoms with Crippen molar-refractivity contribution in [2.45, 2.75) is 32.1 Å². The van der Waals surface area contributed by atoms with E-state index < -0.39 is 0 Å². The average Bonchev–Trinajstić information content (AvgIpc) is 3.06. The molecule has 2 bridgehead atoms. The standard InChI is InChI=1S/C20H21N/c21-19-4-2-14-8-15-5-6-20(11-13-1-3-18(20)7-13)12-17(15)9-16(14)10-19/h1-4,8-10,13,18H,5-7,11-12,21H2. The number of nitrogen functional groups attached to an aromatic ring is 1. The molecule has 1 spiro atoms. The minimum atomic E-state index is 0.570. The van der Waals surface area contributed by atoms with Gasteiger partial charge in [0.05, 0.1) is 0 Å².